The molecule has 7 heteroatoms. The van der Waals surface area contributed by atoms with Gasteiger partial charge in [-0.1, -0.05) is 71.2 Å². The summed E-state index contributed by atoms with van der Waals surface area (Å²) in [5.74, 6) is -4.24. The highest BCUT2D eigenvalue weighted by atomic mass is 19.1. The standard InChI is InChI=1S/C30H39FN2O4/c1-7-8-9-10-19-33(20-21-11-13-22(14-12-21)29(2,3)4)26(32-24-17-15-23(31)16-18-24)25-27(34)36-30(5,6)37-28(25)35/h11-18,25H,7-10,19-20H2,1-6H3. The fraction of sp³-hybridized carbons (Fsp3) is 0.500. The molecule has 0 aromatic heterocycles. The summed E-state index contributed by atoms with van der Waals surface area (Å²) >= 11 is 0. The van der Waals surface area contributed by atoms with E-state index in [-0.39, 0.29) is 11.3 Å². The third-order valence-electron chi connectivity index (χ3n) is 6.29. The summed E-state index contributed by atoms with van der Waals surface area (Å²) in [5, 5.41) is 0. The van der Waals surface area contributed by atoms with E-state index in [1.807, 2.05) is 4.90 Å². The minimum atomic E-state index is -1.35. The Balaban J connectivity index is 2.02. The zero-order valence-electron chi connectivity index (χ0n) is 22.8. The second-order valence-electron chi connectivity index (χ2n) is 11.1. The molecule has 0 N–H and O–H groups in total. The number of carbonyl (C=O) groups excluding carboxylic acids is 2. The average molecular weight is 511 g/mol. The van der Waals surface area contributed by atoms with Crippen molar-refractivity contribution in [1.82, 2.24) is 4.90 Å². The van der Waals surface area contributed by atoms with E-state index < -0.39 is 29.5 Å². The van der Waals surface area contributed by atoms with Crippen LogP contribution in [-0.2, 0) is 31.0 Å². The topological polar surface area (TPSA) is 68.2 Å². The van der Waals surface area contributed by atoms with Crippen molar-refractivity contribution in [3.8, 4) is 0 Å². The SMILES string of the molecule is CCCCCCN(Cc1ccc(C(C)(C)C)cc1)C(=Nc1ccc(F)cc1)C1C(=O)OC(C)(C)OC1=O. The number of esters is 2. The Morgan fingerprint density at radius 2 is 1.54 bits per heavy atom. The maximum absolute atomic E-state index is 13.6. The van der Waals surface area contributed by atoms with Crippen molar-refractivity contribution >= 4 is 23.5 Å². The van der Waals surface area contributed by atoms with Gasteiger partial charge < -0.3 is 14.4 Å². The largest absolute Gasteiger partial charge is 0.422 e. The molecule has 2 aromatic carbocycles. The Bertz CT molecular complexity index is 1080. The number of nitrogens with zero attached hydrogens (tertiary/aromatic N) is 2. The minimum absolute atomic E-state index is 0.0238. The molecular formula is C30H39FN2O4. The lowest BCUT2D eigenvalue weighted by Crippen LogP contribution is -2.52. The van der Waals surface area contributed by atoms with E-state index in [1.54, 1.807) is 0 Å². The van der Waals surface area contributed by atoms with Gasteiger partial charge in [-0.05, 0) is 47.2 Å². The second-order valence-corrected chi connectivity index (χ2v) is 11.1. The summed E-state index contributed by atoms with van der Waals surface area (Å²) in [5.41, 5.74) is 2.69. The molecular weight excluding hydrogens is 471 g/mol. The first-order valence-corrected chi connectivity index (χ1v) is 13.0. The molecule has 0 spiro atoms. The molecule has 37 heavy (non-hydrogen) atoms. The van der Waals surface area contributed by atoms with E-state index in [9.17, 15) is 14.0 Å². The molecule has 1 aliphatic rings. The number of halogens is 1. The van der Waals surface area contributed by atoms with Crippen LogP contribution >= 0.6 is 0 Å². The minimum Gasteiger partial charge on any atom is -0.422 e. The van der Waals surface area contributed by atoms with Crippen molar-refractivity contribution in [1.29, 1.82) is 0 Å². The number of carbonyl (C=O) groups is 2. The molecule has 0 amide bonds. The summed E-state index contributed by atoms with van der Waals surface area (Å²) < 4.78 is 24.5. The number of benzene rings is 2. The zero-order valence-corrected chi connectivity index (χ0v) is 22.8. The quantitative estimate of drug-likeness (QED) is 0.124. The molecule has 0 aliphatic carbocycles. The van der Waals surface area contributed by atoms with Crippen molar-refractivity contribution in [2.24, 2.45) is 10.9 Å². The molecule has 0 atom stereocenters. The molecule has 0 unspecified atom stereocenters. The van der Waals surface area contributed by atoms with Crippen molar-refractivity contribution in [3.63, 3.8) is 0 Å². The molecule has 1 fully saturated rings. The maximum atomic E-state index is 13.6. The monoisotopic (exact) mass is 510 g/mol. The summed E-state index contributed by atoms with van der Waals surface area (Å²) in [4.78, 5) is 32.9. The van der Waals surface area contributed by atoms with Crippen LogP contribution in [0, 0.1) is 11.7 Å². The first-order valence-electron chi connectivity index (χ1n) is 13.0. The Morgan fingerprint density at radius 3 is 2.08 bits per heavy atom. The van der Waals surface area contributed by atoms with Crippen LogP contribution in [0.2, 0.25) is 0 Å². The summed E-state index contributed by atoms with van der Waals surface area (Å²) in [6, 6.07) is 14.0. The lowest BCUT2D eigenvalue weighted by Gasteiger charge is -2.36. The van der Waals surface area contributed by atoms with Crippen molar-refractivity contribution < 1.29 is 23.5 Å². The van der Waals surface area contributed by atoms with Gasteiger partial charge in [0.1, 0.15) is 11.7 Å². The van der Waals surface area contributed by atoms with Crippen LogP contribution in [-0.4, -0.2) is 35.0 Å². The van der Waals surface area contributed by atoms with Gasteiger partial charge >= 0.3 is 11.9 Å². The second kappa shape index (κ2) is 11.9. The molecule has 1 aliphatic heterocycles. The first kappa shape index (κ1) is 28.4. The highest BCUT2D eigenvalue weighted by Gasteiger charge is 2.47. The number of aliphatic imine (C=N–C) groups is 1. The molecule has 2 aromatic rings. The van der Waals surface area contributed by atoms with Crippen molar-refractivity contribution in [2.45, 2.75) is 85.0 Å². The van der Waals surface area contributed by atoms with Gasteiger partial charge in [0.05, 0.1) is 5.69 Å². The average Bonchev–Trinajstić information content (AvgIpc) is 2.80. The molecule has 1 saturated heterocycles. The first-order chi connectivity index (χ1) is 17.4. The van der Waals surface area contributed by atoms with Crippen LogP contribution in [0.1, 0.15) is 78.4 Å². The van der Waals surface area contributed by atoms with Crippen molar-refractivity contribution in [3.05, 3.63) is 65.5 Å². The Labute approximate surface area is 219 Å². The highest BCUT2D eigenvalue weighted by molar-refractivity contribution is 6.17. The van der Waals surface area contributed by atoms with Crippen LogP contribution in [0.5, 0.6) is 0 Å². The van der Waals surface area contributed by atoms with E-state index in [2.05, 4.69) is 52.0 Å². The third kappa shape index (κ3) is 7.88. The van der Waals surface area contributed by atoms with Crippen LogP contribution in [0.4, 0.5) is 10.1 Å². The highest BCUT2D eigenvalue weighted by Crippen LogP contribution is 2.28. The van der Waals surface area contributed by atoms with Gasteiger partial charge in [0.25, 0.3) is 5.79 Å². The smallest absolute Gasteiger partial charge is 0.331 e. The maximum Gasteiger partial charge on any atom is 0.331 e. The molecule has 200 valence electrons. The molecule has 1 heterocycles. The Morgan fingerprint density at radius 1 is 0.946 bits per heavy atom. The number of ether oxygens (including phenoxy) is 2. The van der Waals surface area contributed by atoms with E-state index in [4.69, 9.17) is 14.5 Å². The lowest BCUT2D eigenvalue weighted by atomic mass is 9.86. The summed E-state index contributed by atoms with van der Waals surface area (Å²) in [6.45, 7) is 12.7. The predicted octanol–water partition coefficient (Wildman–Crippen LogP) is 6.69. The van der Waals surface area contributed by atoms with Crippen LogP contribution < -0.4 is 0 Å². The van der Waals surface area contributed by atoms with Crippen LogP contribution in [0.25, 0.3) is 0 Å². The number of hydrogen-bond donors (Lipinski definition) is 0. The molecule has 6 nitrogen and oxygen atoms in total. The van der Waals surface area contributed by atoms with E-state index in [0.717, 1.165) is 31.2 Å². The van der Waals surface area contributed by atoms with E-state index in [1.165, 1.54) is 43.7 Å². The van der Waals surface area contributed by atoms with Crippen molar-refractivity contribution in [2.75, 3.05) is 6.54 Å². The third-order valence-corrected chi connectivity index (χ3v) is 6.29. The number of unbranched alkanes of at least 4 members (excludes halogenated alkanes) is 3. The molecule has 0 radical (unpaired) electrons. The van der Waals surface area contributed by atoms with Gasteiger partial charge in [-0.2, -0.15) is 0 Å². The van der Waals surface area contributed by atoms with Gasteiger partial charge in [0.2, 0.25) is 5.92 Å². The molecule has 0 saturated carbocycles. The number of hydrogen-bond acceptors (Lipinski definition) is 5. The van der Waals surface area contributed by atoms with E-state index >= 15 is 0 Å². The van der Waals surface area contributed by atoms with E-state index in [0.29, 0.717) is 18.8 Å². The fourth-order valence-corrected chi connectivity index (χ4v) is 4.23. The summed E-state index contributed by atoms with van der Waals surface area (Å²) in [6.07, 6.45) is 4.03. The van der Waals surface area contributed by atoms with Gasteiger partial charge in [0, 0.05) is 26.9 Å². The molecule has 3 rings (SSSR count). The normalized spacial score (nSPS) is 16.4. The summed E-state index contributed by atoms with van der Waals surface area (Å²) in [7, 11) is 0. The number of cyclic esters (lactones) is 2. The van der Waals surface area contributed by atoms with Crippen LogP contribution in [0.3, 0.4) is 0 Å². The number of amidine groups is 1. The van der Waals surface area contributed by atoms with Crippen LogP contribution in [0.15, 0.2) is 53.5 Å². The molecule has 0 bridgehead atoms. The Kier molecular flexibility index (Phi) is 9.11. The predicted molar refractivity (Wildman–Crippen MR) is 143 cm³/mol. The zero-order chi connectivity index (χ0) is 27.2. The fourth-order valence-electron chi connectivity index (χ4n) is 4.23. The van der Waals surface area contributed by atoms with Gasteiger partial charge in [-0.3, -0.25) is 9.59 Å². The Hall–Kier alpha value is -3.22. The van der Waals surface area contributed by atoms with Gasteiger partial charge in [0.15, 0.2) is 0 Å². The number of rotatable bonds is 9. The lowest BCUT2D eigenvalue weighted by molar-refractivity contribution is -0.236. The van der Waals surface area contributed by atoms with Gasteiger partial charge in [-0.15, -0.1) is 0 Å². The van der Waals surface area contributed by atoms with Gasteiger partial charge in [-0.25, -0.2) is 9.38 Å².